The predicted octanol–water partition coefficient (Wildman–Crippen LogP) is 3.61. The molecule has 0 amide bonds. The van der Waals surface area contributed by atoms with Crippen molar-refractivity contribution in [3.05, 3.63) is 52.2 Å². The number of thiophene rings is 1. The van der Waals surface area contributed by atoms with Crippen molar-refractivity contribution >= 4 is 23.1 Å². The molecule has 4 heteroatoms. The molecule has 3 N–H and O–H groups in total. The topological polar surface area (TPSA) is 38.0 Å². The lowest BCUT2D eigenvalue weighted by Gasteiger charge is -2.18. The molecule has 0 aliphatic carbocycles. The maximum Gasteiger partial charge on any atom is 0.0474 e. The van der Waals surface area contributed by atoms with E-state index in [2.05, 4.69) is 53.5 Å². The molecule has 0 spiro atoms. The van der Waals surface area contributed by atoms with Gasteiger partial charge in [-0.2, -0.15) is 0 Å². The molecule has 2 nitrogen and oxygen atoms in total. The van der Waals surface area contributed by atoms with Crippen LogP contribution in [0.1, 0.15) is 22.9 Å². The number of nitrogens with two attached hydrogens (primary N) is 1. The summed E-state index contributed by atoms with van der Waals surface area (Å²) in [5, 5.41) is 2.12. The van der Waals surface area contributed by atoms with E-state index in [1.165, 1.54) is 15.3 Å². The lowest BCUT2D eigenvalue weighted by molar-refractivity contribution is 0.511. The molecule has 96 valence electrons. The van der Waals surface area contributed by atoms with Crippen LogP contribution in [0.15, 0.2) is 46.7 Å². The highest BCUT2D eigenvalue weighted by Gasteiger charge is 2.13. The van der Waals surface area contributed by atoms with Crippen LogP contribution < -0.4 is 11.3 Å². The molecule has 0 fully saturated rings. The Balaban J connectivity index is 2.08. The van der Waals surface area contributed by atoms with E-state index >= 15 is 0 Å². The summed E-state index contributed by atoms with van der Waals surface area (Å²) < 4.78 is 0. The molecule has 1 unspecified atom stereocenters. The Morgan fingerprint density at radius 2 is 2.11 bits per heavy atom. The monoisotopic (exact) mass is 278 g/mol. The van der Waals surface area contributed by atoms with Gasteiger partial charge in [0.2, 0.25) is 0 Å². The molecular weight excluding hydrogens is 260 g/mol. The standard InChI is InChI=1S/C14H18N2S2/c1-17-14-7-3-2-6-12(14)13(16-15)9-8-11-5-4-10-18-11/h2-7,10,13,16H,8-9,15H2,1H3. The van der Waals surface area contributed by atoms with Gasteiger partial charge < -0.3 is 0 Å². The fourth-order valence-electron chi connectivity index (χ4n) is 2.02. The van der Waals surface area contributed by atoms with Crippen molar-refractivity contribution in [2.75, 3.05) is 6.26 Å². The van der Waals surface area contributed by atoms with Crippen LogP contribution >= 0.6 is 23.1 Å². The largest absolute Gasteiger partial charge is 0.271 e. The van der Waals surface area contributed by atoms with Gasteiger partial charge in [-0.3, -0.25) is 11.3 Å². The average molecular weight is 278 g/mol. The Morgan fingerprint density at radius 1 is 1.28 bits per heavy atom. The summed E-state index contributed by atoms with van der Waals surface area (Å²) in [4.78, 5) is 2.71. The highest BCUT2D eigenvalue weighted by atomic mass is 32.2. The maximum absolute atomic E-state index is 5.71. The van der Waals surface area contributed by atoms with Gasteiger partial charge in [-0.25, -0.2) is 0 Å². The molecule has 0 aliphatic heterocycles. The molecule has 0 radical (unpaired) electrons. The summed E-state index contributed by atoms with van der Waals surface area (Å²) in [5.41, 5.74) is 4.24. The lowest BCUT2D eigenvalue weighted by atomic mass is 10.0. The minimum Gasteiger partial charge on any atom is -0.271 e. The van der Waals surface area contributed by atoms with E-state index < -0.39 is 0 Å². The van der Waals surface area contributed by atoms with Crippen molar-refractivity contribution < 1.29 is 0 Å². The highest BCUT2D eigenvalue weighted by molar-refractivity contribution is 7.98. The third-order valence-corrected chi connectivity index (χ3v) is 4.72. The summed E-state index contributed by atoms with van der Waals surface area (Å²) in [5.74, 6) is 5.71. The first-order valence-corrected chi connectivity index (χ1v) is 8.07. The van der Waals surface area contributed by atoms with E-state index in [9.17, 15) is 0 Å². The summed E-state index contributed by atoms with van der Waals surface area (Å²) >= 11 is 3.58. The Labute approximate surface area is 117 Å². The van der Waals surface area contributed by atoms with E-state index in [1.807, 2.05) is 0 Å². The van der Waals surface area contributed by atoms with Gasteiger partial charge in [-0.1, -0.05) is 24.3 Å². The van der Waals surface area contributed by atoms with Gasteiger partial charge in [-0.05, 0) is 42.2 Å². The number of hydrogen-bond donors (Lipinski definition) is 2. The van der Waals surface area contributed by atoms with Crippen LogP contribution in [0, 0.1) is 0 Å². The molecule has 1 heterocycles. The highest BCUT2D eigenvalue weighted by Crippen LogP contribution is 2.28. The van der Waals surface area contributed by atoms with E-state index in [0.717, 1.165) is 12.8 Å². The van der Waals surface area contributed by atoms with E-state index in [4.69, 9.17) is 5.84 Å². The Kier molecular flexibility index (Phi) is 5.26. The third kappa shape index (κ3) is 3.36. The molecule has 1 aromatic carbocycles. The quantitative estimate of drug-likeness (QED) is 0.481. The molecule has 0 saturated carbocycles. The number of aryl methyl sites for hydroxylation is 1. The van der Waals surface area contributed by atoms with Crippen LogP contribution in [-0.2, 0) is 6.42 Å². The van der Waals surface area contributed by atoms with Gasteiger partial charge in [0.05, 0.1) is 0 Å². The number of rotatable bonds is 6. The first-order chi connectivity index (χ1) is 8.85. The predicted molar refractivity (Wildman–Crippen MR) is 80.9 cm³/mol. The maximum atomic E-state index is 5.71. The summed E-state index contributed by atoms with van der Waals surface area (Å²) in [6, 6.07) is 12.9. The van der Waals surface area contributed by atoms with E-state index in [1.54, 1.807) is 23.1 Å². The molecule has 1 aromatic heterocycles. The van der Waals surface area contributed by atoms with Crippen molar-refractivity contribution in [3.8, 4) is 0 Å². The van der Waals surface area contributed by atoms with E-state index in [0.29, 0.717) is 0 Å². The molecule has 2 rings (SSSR count). The van der Waals surface area contributed by atoms with Gasteiger partial charge in [0.25, 0.3) is 0 Å². The van der Waals surface area contributed by atoms with Gasteiger partial charge in [0, 0.05) is 15.8 Å². The van der Waals surface area contributed by atoms with Crippen LogP contribution in [-0.4, -0.2) is 6.26 Å². The Morgan fingerprint density at radius 3 is 2.78 bits per heavy atom. The first-order valence-electron chi connectivity index (χ1n) is 5.96. The molecular formula is C14H18N2S2. The number of nitrogens with one attached hydrogen (secondary N) is 1. The fraction of sp³-hybridized carbons (Fsp3) is 0.286. The first kappa shape index (κ1) is 13.6. The van der Waals surface area contributed by atoms with Crippen LogP contribution in [0.5, 0.6) is 0 Å². The minimum absolute atomic E-state index is 0.218. The summed E-state index contributed by atoms with van der Waals surface area (Å²) in [6.07, 6.45) is 4.19. The second kappa shape index (κ2) is 6.95. The van der Waals surface area contributed by atoms with Crippen LogP contribution in [0.4, 0.5) is 0 Å². The molecule has 1 atom stereocenters. The molecule has 0 bridgehead atoms. The SMILES string of the molecule is CSc1ccccc1C(CCc1cccs1)NN. The summed E-state index contributed by atoms with van der Waals surface area (Å²) in [6.45, 7) is 0. The second-order valence-corrected chi connectivity index (χ2v) is 5.96. The molecule has 0 aliphatic rings. The van der Waals surface area contributed by atoms with Crippen LogP contribution in [0.25, 0.3) is 0 Å². The molecule has 2 aromatic rings. The van der Waals surface area contributed by atoms with Gasteiger partial charge >= 0.3 is 0 Å². The molecule has 0 saturated heterocycles. The zero-order valence-corrected chi connectivity index (χ0v) is 12.1. The fourth-order valence-corrected chi connectivity index (χ4v) is 3.41. The van der Waals surface area contributed by atoms with Crippen molar-refractivity contribution in [1.29, 1.82) is 0 Å². The number of hydrogen-bond acceptors (Lipinski definition) is 4. The third-order valence-electron chi connectivity index (χ3n) is 2.98. The van der Waals surface area contributed by atoms with Gasteiger partial charge in [-0.15, -0.1) is 23.1 Å². The Hall–Kier alpha value is -0.810. The van der Waals surface area contributed by atoms with Gasteiger partial charge in [0.15, 0.2) is 0 Å². The Bertz CT molecular complexity index is 468. The normalized spacial score (nSPS) is 12.6. The van der Waals surface area contributed by atoms with Crippen molar-refractivity contribution in [1.82, 2.24) is 5.43 Å². The van der Waals surface area contributed by atoms with Gasteiger partial charge in [0.1, 0.15) is 0 Å². The lowest BCUT2D eigenvalue weighted by Crippen LogP contribution is -2.28. The zero-order valence-electron chi connectivity index (χ0n) is 10.4. The second-order valence-electron chi connectivity index (χ2n) is 4.08. The summed E-state index contributed by atoms with van der Waals surface area (Å²) in [7, 11) is 0. The number of hydrazine groups is 1. The van der Waals surface area contributed by atoms with E-state index in [-0.39, 0.29) is 6.04 Å². The van der Waals surface area contributed by atoms with Crippen molar-refractivity contribution in [2.45, 2.75) is 23.8 Å². The van der Waals surface area contributed by atoms with Crippen molar-refractivity contribution in [2.24, 2.45) is 5.84 Å². The van der Waals surface area contributed by atoms with Crippen LogP contribution in [0.3, 0.4) is 0 Å². The van der Waals surface area contributed by atoms with Crippen LogP contribution in [0.2, 0.25) is 0 Å². The minimum atomic E-state index is 0.218. The number of thioether (sulfide) groups is 1. The molecule has 18 heavy (non-hydrogen) atoms. The average Bonchev–Trinajstić information content (AvgIpc) is 2.93. The van der Waals surface area contributed by atoms with Crippen molar-refractivity contribution in [3.63, 3.8) is 0 Å². The number of benzene rings is 1. The smallest absolute Gasteiger partial charge is 0.0474 e. The zero-order chi connectivity index (χ0) is 12.8.